The van der Waals surface area contributed by atoms with E-state index in [9.17, 15) is 0 Å². The van der Waals surface area contributed by atoms with E-state index in [1.807, 2.05) is 36.4 Å². The average molecular weight is 372 g/mol. The summed E-state index contributed by atoms with van der Waals surface area (Å²) in [5, 5.41) is 7.28. The minimum absolute atomic E-state index is 0.494. The zero-order valence-electron chi connectivity index (χ0n) is 10.6. The summed E-state index contributed by atoms with van der Waals surface area (Å²) in [6.07, 6.45) is 0. The predicted molar refractivity (Wildman–Crippen MR) is 92.0 cm³/mol. The number of ether oxygens (including phenoxy) is 1. The molecule has 0 aliphatic carbocycles. The fourth-order valence-corrected chi connectivity index (χ4v) is 2.20. The van der Waals surface area contributed by atoms with Crippen LogP contribution in [0.5, 0.6) is 5.75 Å². The summed E-state index contributed by atoms with van der Waals surface area (Å²) in [5.74, 6) is 0.800. The summed E-state index contributed by atoms with van der Waals surface area (Å²) in [4.78, 5) is 0. The highest BCUT2D eigenvalue weighted by Crippen LogP contribution is 2.25. The third-order valence-corrected chi connectivity index (χ3v) is 3.96. The van der Waals surface area contributed by atoms with E-state index in [1.165, 1.54) is 0 Å². The molecule has 0 radical (unpaired) electrons. The van der Waals surface area contributed by atoms with Crippen LogP contribution >= 0.6 is 39.7 Å². The van der Waals surface area contributed by atoms with Crippen molar-refractivity contribution in [2.24, 2.45) is 0 Å². The van der Waals surface area contributed by atoms with Gasteiger partial charge in [0.1, 0.15) is 5.75 Å². The first-order valence-electron chi connectivity index (χ1n) is 5.75. The highest BCUT2D eigenvalue weighted by molar-refractivity contribution is 9.10. The van der Waals surface area contributed by atoms with Gasteiger partial charge in [-0.15, -0.1) is 0 Å². The highest BCUT2D eigenvalue weighted by Gasteiger charge is 2.02. The Morgan fingerprint density at radius 2 is 1.70 bits per heavy atom. The highest BCUT2D eigenvalue weighted by atomic mass is 79.9. The molecule has 2 aromatic rings. The first kappa shape index (κ1) is 15.1. The summed E-state index contributed by atoms with van der Waals surface area (Å²) in [6.45, 7) is 0. The number of hydrogen-bond donors (Lipinski definition) is 2. The van der Waals surface area contributed by atoms with Gasteiger partial charge in [0.15, 0.2) is 5.11 Å². The van der Waals surface area contributed by atoms with E-state index in [4.69, 9.17) is 28.6 Å². The van der Waals surface area contributed by atoms with Crippen LogP contribution in [-0.4, -0.2) is 12.2 Å². The lowest BCUT2D eigenvalue weighted by Crippen LogP contribution is -2.18. The third-order valence-electron chi connectivity index (χ3n) is 2.53. The Bertz CT molecular complexity index is 619. The van der Waals surface area contributed by atoms with E-state index in [0.717, 1.165) is 21.6 Å². The van der Waals surface area contributed by atoms with Gasteiger partial charge in [-0.1, -0.05) is 11.6 Å². The molecule has 2 aromatic carbocycles. The molecule has 6 heteroatoms. The molecule has 0 fully saturated rings. The first-order chi connectivity index (χ1) is 9.58. The summed E-state index contributed by atoms with van der Waals surface area (Å²) in [7, 11) is 1.63. The van der Waals surface area contributed by atoms with Crippen molar-refractivity contribution >= 4 is 56.2 Å². The van der Waals surface area contributed by atoms with E-state index in [1.54, 1.807) is 13.2 Å². The number of anilines is 2. The Morgan fingerprint density at radius 3 is 2.30 bits per heavy atom. The van der Waals surface area contributed by atoms with Crippen molar-refractivity contribution in [2.75, 3.05) is 17.7 Å². The molecular weight excluding hydrogens is 360 g/mol. The van der Waals surface area contributed by atoms with Crippen molar-refractivity contribution in [3.05, 3.63) is 52.0 Å². The molecule has 0 bridgehead atoms. The maximum absolute atomic E-state index is 6.03. The van der Waals surface area contributed by atoms with Crippen molar-refractivity contribution in [3.8, 4) is 5.75 Å². The quantitative estimate of drug-likeness (QED) is 0.750. The Morgan fingerprint density at radius 1 is 1.10 bits per heavy atom. The zero-order chi connectivity index (χ0) is 14.5. The van der Waals surface area contributed by atoms with Gasteiger partial charge in [-0.2, -0.15) is 0 Å². The summed E-state index contributed by atoms with van der Waals surface area (Å²) in [6, 6.07) is 13.1. The second kappa shape index (κ2) is 6.92. The minimum Gasteiger partial charge on any atom is -0.497 e. The van der Waals surface area contributed by atoms with E-state index in [-0.39, 0.29) is 0 Å². The average Bonchev–Trinajstić information content (AvgIpc) is 2.44. The largest absolute Gasteiger partial charge is 0.497 e. The zero-order valence-corrected chi connectivity index (χ0v) is 13.8. The van der Waals surface area contributed by atoms with E-state index >= 15 is 0 Å². The molecule has 3 nitrogen and oxygen atoms in total. The molecule has 0 saturated heterocycles. The number of methoxy groups -OCH3 is 1. The first-order valence-corrected chi connectivity index (χ1v) is 7.33. The maximum atomic E-state index is 6.03. The lowest BCUT2D eigenvalue weighted by molar-refractivity contribution is 0.415. The van der Waals surface area contributed by atoms with Gasteiger partial charge < -0.3 is 15.4 Å². The third kappa shape index (κ3) is 4.10. The van der Waals surface area contributed by atoms with Gasteiger partial charge in [-0.25, -0.2) is 0 Å². The van der Waals surface area contributed by atoms with Gasteiger partial charge in [-0.05, 0) is 70.6 Å². The minimum atomic E-state index is 0.494. The van der Waals surface area contributed by atoms with Crippen LogP contribution in [0.1, 0.15) is 0 Å². The van der Waals surface area contributed by atoms with E-state index in [0.29, 0.717) is 10.1 Å². The summed E-state index contributed by atoms with van der Waals surface area (Å²) >= 11 is 14.6. The standard InChI is InChI=1S/C14H12BrClN2OS/c1-19-11-5-2-9(3-6-11)17-14(20)18-10-4-7-12(15)13(16)8-10/h2-8H,1H3,(H2,17,18,20). The molecule has 2 N–H and O–H groups in total. The second-order valence-electron chi connectivity index (χ2n) is 3.94. The van der Waals surface area contributed by atoms with Crippen molar-refractivity contribution in [2.45, 2.75) is 0 Å². The fraction of sp³-hybridized carbons (Fsp3) is 0.0714. The molecule has 0 unspecified atom stereocenters. The molecule has 0 heterocycles. The van der Waals surface area contributed by atoms with Gasteiger partial charge in [-0.3, -0.25) is 0 Å². The maximum Gasteiger partial charge on any atom is 0.175 e. The lowest BCUT2D eigenvalue weighted by Gasteiger charge is -2.11. The van der Waals surface area contributed by atoms with Gasteiger partial charge >= 0.3 is 0 Å². The molecule has 0 spiro atoms. The van der Waals surface area contributed by atoms with E-state index < -0.39 is 0 Å². The smallest absolute Gasteiger partial charge is 0.175 e. The van der Waals surface area contributed by atoms with Crippen molar-refractivity contribution < 1.29 is 4.74 Å². The van der Waals surface area contributed by atoms with Crippen molar-refractivity contribution in [1.82, 2.24) is 0 Å². The van der Waals surface area contributed by atoms with Crippen molar-refractivity contribution in [3.63, 3.8) is 0 Å². The van der Waals surface area contributed by atoms with Gasteiger partial charge in [0.2, 0.25) is 0 Å². The number of halogens is 2. The number of nitrogens with one attached hydrogen (secondary N) is 2. The molecule has 0 atom stereocenters. The number of rotatable bonds is 3. The molecule has 2 rings (SSSR count). The molecule has 0 aliphatic heterocycles. The van der Waals surface area contributed by atoms with Crippen LogP contribution < -0.4 is 15.4 Å². The fourth-order valence-electron chi connectivity index (χ4n) is 1.54. The molecular formula is C14H12BrClN2OS. The summed E-state index contributed by atoms with van der Waals surface area (Å²) in [5.41, 5.74) is 1.70. The van der Waals surface area contributed by atoms with Crippen LogP contribution in [0.2, 0.25) is 5.02 Å². The van der Waals surface area contributed by atoms with Crippen LogP contribution in [0.15, 0.2) is 46.9 Å². The summed E-state index contributed by atoms with van der Waals surface area (Å²) < 4.78 is 5.94. The van der Waals surface area contributed by atoms with Crippen LogP contribution in [0, 0.1) is 0 Å². The molecule has 20 heavy (non-hydrogen) atoms. The van der Waals surface area contributed by atoms with Gasteiger partial charge in [0.05, 0.1) is 12.1 Å². The van der Waals surface area contributed by atoms with Gasteiger partial charge in [0.25, 0.3) is 0 Å². The normalized spacial score (nSPS) is 9.95. The Labute approximate surface area is 136 Å². The Kier molecular flexibility index (Phi) is 5.23. The number of thiocarbonyl (C=S) groups is 1. The Hall–Kier alpha value is -1.30. The molecule has 0 aromatic heterocycles. The monoisotopic (exact) mass is 370 g/mol. The van der Waals surface area contributed by atoms with Crippen LogP contribution in [0.4, 0.5) is 11.4 Å². The van der Waals surface area contributed by atoms with Crippen molar-refractivity contribution in [1.29, 1.82) is 0 Å². The lowest BCUT2D eigenvalue weighted by atomic mass is 10.3. The van der Waals surface area contributed by atoms with Gasteiger partial charge in [0, 0.05) is 15.8 Å². The SMILES string of the molecule is COc1ccc(NC(=S)Nc2ccc(Br)c(Cl)c2)cc1. The molecule has 0 saturated carbocycles. The van der Waals surface area contributed by atoms with Crippen LogP contribution in [-0.2, 0) is 0 Å². The van der Waals surface area contributed by atoms with Crippen LogP contribution in [0.3, 0.4) is 0 Å². The molecule has 0 amide bonds. The van der Waals surface area contributed by atoms with Crippen LogP contribution in [0.25, 0.3) is 0 Å². The number of hydrogen-bond acceptors (Lipinski definition) is 2. The predicted octanol–water partition coefficient (Wildman–Crippen LogP) is 4.92. The van der Waals surface area contributed by atoms with E-state index in [2.05, 4.69) is 26.6 Å². The Balaban J connectivity index is 1.99. The topological polar surface area (TPSA) is 33.3 Å². The molecule has 104 valence electrons. The second-order valence-corrected chi connectivity index (χ2v) is 5.61. The molecule has 0 aliphatic rings. The number of benzene rings is 2.